The first-order valence-electron chi connectivity index (χ1n) is 1.96. The Hall–Kier alpha value is -0.860. The van der Waals surface area contributed by atoms with Crippen LogP contribution in [0.5, 0.6) is 0 Å². The van der Waals surface area contributed by atoms with Gasteiger partial charge in [0.1, 0.15) is 0 Å². The van der Waals surface area contributed by atoms with Crippen LogP contribution in [0.3, 0.4) is 0 Å². The van der Waals surface area contributed by atoms with Crippen molar-refractivity contribution in [2.75, 3.05) is 6.26 Å². The maximum atomic E-state index is 9.35. The Morgan fingerprint density at radius 1 is 1.60 bits per heavy atom. The minimum atomic E-state index is -3.67. The van der Waals surface area contributed by atoms with E-state index in [1.165, 1.54) is 0 Å². The van der Waals surface area contributed by atoms with E-state index in [1.807, 2.05) is 0 Å². The van der Waals surface area contributed by atoms with Gasteiger partial charge in [-0.2, -0.15) is 8.42 Å². The summed E-state index contributed by atoms with van der Waals surface area (Å²) in [6.45, 7) is 0. The second-order valence-electron chi connectivity index (χ2n) is 1.24. The van der Waals surface area contributed by atoms with Crippen LogP contribution in [-0.2, 0) is 10.1 Å². The maximum absolute atomic E-state index is 9.35. The highest BCUT2D eigenvalue weighted by atomic mass is 32.2. The molecular weight excluding hydrogens is 162 g/mol. The van der Waals surface area contributed by atoms with Gasteiger partial charge in [-0.15, -0.1) is 0 Å². The Balaban J connectivity index is 0. The first kappa shape index (κ1) is 11.9. The van der Waals surface area contributed by atoms with Crippen LogP contribution < -0.4 is 17.0 Å². The van der Waals surface area contributed by atoms with E-state index in [1.54, 1.807) is 5.43 Å². The van der Waals surface area contributed by atoms with Crippen LogP contribution >= 0.6 is 0 Å². The number of rotatable bonds is 0. The van der Waals surface area contributed by atoms with Gasteiger partial charge in [0, 0.05) is 0 Å². The molecule has 0 unspecified atom stereocenters. The molecule has 0 saturated carbocycles. The van der Waals surface area contributed by atoms with E-state index in [4.69, 9.17) is 4.55 Å². The molecule has 8 heteroatoms. The maximum Gasteiger partial charge on any atom is 0.326 e. The number of amides is 2. The molecule has 0 aromatic rings. The lowest BCUT2D eigenvalue weighted by Gasteiger charge is -1.81. The highest BCUT2D eigenvalue weighted by Gasteiger charge is 1.81. The number of hydrogen-bond donors (Lipinski definition) is 4. The normalized spacial score (nSPS) is 9.10. The predicted octanol–water partition coefficient (Wildman–Crippen LogP) is -1.97. The lowest BCUT2D eigenvalue weighted by molar-refractivity contribution is 0.249. The molecule has 2 amide bonds. The third-order valence-electron chi connectivity index (χ3n) is 0.142. The second kappa shape index (κ2) is 4.97. The fraction of sp³-hybridized carbons (Fsp3) is 0.500. The molecule has 6 N–H and O–H groups in total. The lowest BCUT2D eigenvalue weighted by Crippen LogP contribution is -2.34. The van der Waals surface area contributed by atoms with E-state index in [9.17, 15) is 13.2 Å². The quantitative estimate of drug-likeness (QED) is 0.145. The Morgan fingerprint density at radius 3 is 1.70 bits per heavy atom. The SMILES string of the molecule is CS(=O)(=O)O.NNC(N)=O. The minimum Gasteiger partial charge on any atom is -0.351 e. The monoisotopic (exact) mass is 171 g/mol. The van der Waals surface area contributed by atoms with Gasteiger partial charge in [-0.25, -0.2) is 10.6 Å². The van der Waals surface area contributed by atoms with Crippen LogP contribution in [0.4, 0.5) is 4.79 Å². The zero-order valence-corrected chi connectivity index (χ0v) is 6.05. The molecule has 0 aliphatic rings. The van der Waals surface area contributed by atoms with Gasteiger partial charge in [0.05, 0.1) is 6.26 Å². The Labute approximate surface area is 58.1 Å². The number of carbonyl (C=O) groups excluding carboxylic acids is 1. The molecule has 0 fully saturated rings. The van der Waals surface area contributed by atoms with Crippen molar-refractivity contribution in [3.05, 3.63) is 0 Å². The first-order valence-corrected chi connectivity index (χ1v) is 3.80. The van der Waals surface area contributed by atoms with Gasteiger partial charge in [-0.3, -0.25) is 9.98 Å². The molecular formula is C2H9N3O4S. The van der Waals surface area contributed by atoms with Crippen molar-refractivity contribution in [1.29, 1.82) is 0 Å². The molecule has 0 aromatic heterocycles. The highest BCUT2D eigenvalue weighted by molar-refractivity contribution is 7.85. The fourth-order valence-corrected chi connectivity index (χ4v) is 0. The zero-order valence-electron chi connectivity index (χ0n) is 5.23. The summed E-state index contributed by atoms with van der Waals surface area (Å²) in [6.07, 6.45) is 0.715. The molecule has 0 aliphatic heterocycles. The number of nitrogens with one attached hydrogen (secondary N) is 1. The summed E-state index contributed by atoms with van der Waals surface area (Å²) in [7, 11) is -3.67. The topological polar surface area (TPSA) is 136 Å². The third-order valence-corrected chi connectivity index (χ3v) is 0.142. The van der Waals surface area contributed by atoms with Crippen LogP contribution in [0.25, 0.3) is 0 Å². The smallest absolute Gasteiger partial charge is 0.326 e. The minimum absolute atomic E-state index is 0.715. The Bertz CT molecular complexity index is 177. The standard InChI is InChI=1S/CH5N3O.CH4O3S/c2-1(5)4-3;1-5(2,3)4/h3H2,(H3,2,4,5);1H3,(H,2,3,4). The first-order chi connectivity index (χ1) is 4.27. The molecule has 62 valence electrons. The summed E-state index contributed by atoms with van der Waals surface area (Å²) < 4.78 is 25.9. The van der Waals surface area contributed by atoms with Gasteiger partial charge in [0.2, 0.25) is 0 Å². The molecule has 0 aliphatic carbocycles. The molecule has 7 nitrogen and oxygen atoms in total. The van der Waals surface area contributed by atoms with E-state index in [-0.39, 0.29) is 0 Å². The van der Waals surface area contributed by atoms with Gasteiger partial charge >= 0.3 is 6.03 Å². The van der Waals surface area contributed by atoms with Crippen molar-refractivity contribution < 1.29 is 17.8 Å². The van der Waals surface area contributed by atoms with E-state index < -0.39 is 16.1 Å². The molecule has 0 radical (unpaired) electrons. The van der Waals surface area contributed by atoms with Gasteiger partial charge in [0.15, 0.2) is 0 Å². The van der Waals surface area contributed by atoms with E-state index >= 15 is 0 Å². The van der Waals surface area contributed by atoms with E-state index in [0.29, 0.717) is 6.26 Å². The number of urea groups is 1. The lowest BCUT2D eigenvalue weighted by atomic mass is 11.2. The van der Waals surface area contributed by atoms with Crippen LogP contribution in [0.1, 0.15) is 0 Å². The van der Waals surface area contributed by atoms with Gasteiger partial charge < -0.3 is 5.73 Å². The van der Waals surface area contributed by atoms with Crippen molar-refractivity contribution in [2.45, 2.75) is 0 Å². The van der Waals surface area contributed by atoms with Crippen LogP contribution in [0.15, 0.2) is 0 Å². The van der Waals surface area contributed by atoms with Gasteiger partial charge in [-0.05, 0) is 0 Å². The second-order valence-corrected chi connectivity index (χ2v) is 2.71. The highest BCUT2D eigenvalue weighted by Crippen LogP contribution is 1.60. The summed E-state index contributed by atoms with van der Waals surface area (Å²) in [5.41, 5.74) is 6.08. The molecule has 0 atom stereocenters. The summed E-state index contributed by atoms with van der Waals surface area (Å²) in [5.74, 6) is 4.45. The number of nitrogens with two attached hydrogens (primary N) is 2. The van der Waals surface area contributed by atoms with Crippen LogP contribution in [-0.4, -0.2) is 25.3 Å². The molecule has 0 bridgehead atoms. The van der Waals surface area contributed by atoms with Crippen molar-refractivity contribution in [1.82, 2.24) is 5.43 Å². The number of primary amides is 1. The number of hydrazine groups is 1. The molecule has 0 saturated heterocycles. The van der Waals surface area contributed by atoms with Crippen LogP contribution in [0.2, 0.25) is 0 Å². The summed E-state index contributed by atoms with van der Waals surface area (Å²) in [4.78, 5) is 9.35. The average molecular weight is 171 g/mol. The van der Waals surface area contributed by atoms with Crippen molar-refractivity contribution in [3.63, 3.8) is 0 Å². The number of hydrogen-bond acceptors (Lipinski definition) is 4. The molecule has 0 rings (SSSR count). The Kier molecular flexibility index (Phi) is 5.90. The average Bonchev–Trinajstić information content (AvgIpc) is 1.61. The predicted molar refractivity (Wildman–Crippen MR) is 34.4 cm³/mol. The van der Waals surface area contributed by atoms with E-state index in [2.05, 4.69) is 11.6 Å². The van der Waals surface area contributed by atoms with Crippen molar-refractivity contribution in [3.8, 4) is 0 Å². The fourth-order valence-electron chi connectivity index (χ4n) is 0. The zero-order chi connectivity index (χ0) is 8.78. The Morgan fingerprint density at radius 2 is 1.70 bits per heavy atom. The van der Waals surface area contributed by atoms with Gasteiger partial charge in [0.25, 0.3) is 10.1 Å². The van der Waals surface area contributed by atoms with Crippen molar-refractivity contribution in [2.24, 2.45) is 11.6 Å². The molecule has 10 heavy (non-hydrogen) atoms. The van der Waals surface area contributed by atoms with Crippen molar-refractivity contribution >= 4 is 16.1 Å². The van der Waals surface area contributed by atoms with Crippen LogP contribution in [0, 0.1) is 0 Å². The molecule has 0 spiro atoms. The number of carbonyl (C=O) groups is 1. The molecule has 0 heterocycles. The summed E-state index contributed by atoms with van der Waals surface area (Å²) in [5, 5.41) is 0. The third kappa shape index (κ3) is 207. The summed E-state index contributed by atoms with van der Waals surface area (Å²) >= 11 is 0. The molecule has 0 aromatic carbocycles. The largest absolute Gasteiger partial charge is 0.351 e. The summed E-state index contributed by atoms with van der Waals surface area (Å²) in [6, 6.07) is -0.718. The van der Waals surface area contributed by atoms with Gasteiger partial charge in [-0.1, -0.05) is 0 Å². The van der Waals surface area contributed by atoms with E-state index in [0.717, 1.165) is 0 Å².